The largest absolute Gasteiger partial charge is 0.394 e. The minimum Gasteiger partial charge on any atom is -0.394 e. The average molecular weight is 945 g/mol. The van der Waals surface area contributed by atoms with Crippen LogP contribution in [0.4, 0.5) is 0 Å². The molecule has 0 aromatic rings. The number of fused-ring (bicyclic) bond motifs is 5. The Bertz CT molecular complexity index is 1640. The molecule has 0 radical (unpaired) electrons. The van der Waals surface area contributed by atoms with Crippen LogP contribution in [0.1, 0.15) is 99.3 Å². The van der Waals surface area contributed by atoms with Crippen molar-refractivity contribution in [3.8, 4) is 0 Å². The van der Waals surface area contributed by atoms with Gasteiger partial charge in [0.25, 0.3) is 0 Å². The molecule has 18 nitrogen and oxygen atoms in total. The number of aliphatic hydroxyl groups excluding tert-OH is 6. The number of hydrogen-bond acceptors (Lipinski definition) is 18. The molecule has 4 heterocycles. The summed E-state index contributed by atoms with van der Waals surface area (Å²) in [4.78, 5) is 0. The van der Waals surface area contributed by atoms with Crippen molar-refractivity contribution in [2.75, 3.05) is 27.9 Å². The van der Waals surface area contributed by atoms with Crippen molar-refractivity contribution in [1.82, 2.24) is 0 Å². The van der Waals surface area contributed by atoms with Crippen LogP contribution in [0.3, 0.4) is 0 Å². The Morgan fingerprint density at radius 2 is 1.26 bits per heavy atom. The lowest BCUT2D eigenvalue weighted by atomic mass is 9.46. The number of hydrogen-bond donors (Lipinski definition) is 7. The van der Waals surface area contributed by atoms with Crippen molar-refractivity contribution >= 4 is 0 Å². The summed E-state index contributed by atoms with van der Waals surface area (Å²) in [5.74, 6) is 1.39. The van der Waals surface area contributed by atoms with Crippen molar-refractivity contribution < 1.29 is 87.9 Å². The highest BCUT2D eigenvalue weighted by atomic mass is 16.8. The highest BCUT2D eigenvalue weighted by molar-refractivity contribution is 5.21. The Labute approximate surface area is 389 Å². The summed E-state index contributed by atoms with van der Waals surface area (Å²) >= 11 is 0. The standard InChI is InChI=1S/C48H80O18/c1-22-36(50)43(58-9)40(54)45(61-22)63-27-12-15-46(5)26(18-27)10-11-28-29(46)13-16-47(6)30(28)14-17-48(47,55)25(4)62-34-19-31(56-7)41(23(2)59-34)65-35-20-32(57-8)42(24(3)60-35)66-44-39(53)38(52)37(51)33(21-49)64-44/h10-11,22-45,49-55H,12-21H2,1-9H3/t22-,23-,24-,25+,26+,27+,28-,29+,30+,31+,32-,33-,34+,35+,36+,37-,38+,39-,40-,41-,42-,43+,44+,45+,46+,47+,48+/m1/s1. The van der Waals surface area contributed by atoms with Crippen LogP contribution in [0.2, 0.25) is 0 Å². The summed E-state index contributed by atoms with van der Waals surface area (Å²) in [5, 5.41) is 75.0. The van der Waals surface area contributed by atoms with Crippen LogP contribution >= 0.6 is 0 Å². The van der Waals surface area contributed by atoms with Gasteiger partial charge in [-0.15, -0.1) is 0 Å². The summed E-state index contributed by atoms with van der Waals surface area (Å²) in [6, 6.07) is 0. The van der Waals surface area contributed by atoms with Gasteiger partial charge >= 0.3 is 0 Å². The monoisotopic (exact) mass is 945 g/mol. The van der Waals surface area contributed by atoms with E-state index in [1.54, 1.807) is 21.0 Å². The SMILES string of the molecule is CO[C@H]1[C@@H](O)[C@@H](C)O[C@@H](O[C@H]2CC[C@@]3(C)[C@@H](C=C[C@@H]4[C@@H]3CC[C@@]3(C)[C@H]4CC[C@]3(O)[C@H](C)O[C@H]3C[C@H](OC)[C@H](O[C@H]4C[C@@H](OC)[C@H](O[C@@H]5O[C@H](CO)[C@@H](O)[C@H](O)[C@H]5O)[C@@H](C)O4)[C@@H](C)O3)C2)[C@@H]1O. The zero-order valence-corrected chi connectivity index (χ0v) is 40.2. The molecule has 0 aromatic carbocycles. The molecule has 7 N–H and O–H groups in total. The fraction of sp³-hybridized carbons (Fsp3) is 0.958. The zero-order chi connectivity index (χ0) is 47.6. The van der Waals surface area contributed by atoms with Crippen LogP contribution in [0, 0.1) is 34.5 Å². The quantitative estimate of drug-likeness (QED) is 0.130. The molecule has 3 saturated carbocycles. The number of allylic oxidation sites excluding steroid dienone is 2. The first kappa shape index (κ1) is 51.4. The smallest absolute Gasteiger partial charge is 0.187 e. The van der Waals surface area contributed by atoms with E-state index in [2.05, 4.69) is 26.0 Å². The topological polar surface area (TPSA) is 243 Å². The Morgan fingerprint density at radius 3 is 1.92 bits per heavy atom. The second-order valence-electron chi connectivity index (χ2n) is 21.4. The lowest BCUT2D eigenvalue weighted by molar-refractivity contribution is -0.354. The van der Waals surface area contributed by atoms with E-state index in [0.717, 1.165) is 38.5 Å². The molecule has 4 aliphatic carbocycles. The molecule has 8 aliphatic rings. The third kappa shape index (κ3) is 9.12. The molecular weight excluding hydrogens is 865 g/mol. The summed E-state index contributed by atoms with van der Waals surface area (Å²) in [5.41, 5.74) is -1.38. The Morgan fingerprint density at radius 1 is 0.621 bits per heavy atom. The van der Waals surface area contributed by atoms with Gasteiger partial charge in [0, 0.05) is 39.6 Å². The van der Waals surface area contributed by atoms with Gasteiger partial charge in [-0.25, -0.2) is 0 Å². The predicted molar refractivity (Wildman–Crippen MR) is 232 cm³/mol. The molecule has 27 atom stereocenters. The van der Waals surface area contributed by atoms with Gasteiger partial charge < -0.3 is 87.9 Å². The van der Waals surface area contributed by atoms with Gasteiger partial charge in [0.15, 0.2) is 25.2 Å². The van der Waals surface area contributed by atoms with Crippen LogP contribution in [-0.2, 0) is 52.1 Å². The zero-order valence-electron chi connectivity index (χ0n) is 40.2. The molecule has 7 fully saturated rings. The van der Waals surface area contributed by atoms with E-state index >= 15 is 0 Å². The molecule has 66 heavy (non-hydrogen) atoms. The summed E-state index contributed by atoms with van der Waals surface area (Å²) in [6.07, 6.45) is -5.16. The van der Waals surface area contributed by atoms with E-state index in [-0.39, 0.29) is 29.3 Å². The van der Waals surface area contributed by atoms with Gasteiger partial charge in [-0.3, -0.25) is 0 Å². The minimum atomic E-state index is -1.58. The van der Waals surface area contributed by atoms with E-state index in [4.69, 9.17) is 52.1 Å². The molecule has 8 rings (SSSR count). The second-order valence-corrected chi connectivity index (χ2v) is 21.4. The van der Waals surface area contributed by atoms with Crippen molar-refractivity contribution in [1.29, 1.82) is 0 Å². The van der Waals surface area contributed by atoms with Crippen LogP contribution in [-0.4, -0.2) is 192 Å². The molecule has 0 unspecified atom stereocenters. The molecule has 380 valence electrons. The normalized spacial score (nSPS) is 54.6. The van der Waals surface area contributed by atoms with Crippen LogP contribution < -0.4 is 0 Å². The third-order valence-corrected chi connectivity index (χ3v) is 18.0. The maximum atomic E-state index is 12.8. The van der Waals surface area contributed by atoms with Gasteiger partial charge in [0.05, 0.1) is 54.9 Å². The summed E-state index contributed by atoms with van der Waals surface area (Å²) < 4.78 is 67.3. The Hall–Kier alpha value is -0.980. The number of rotatable bonds is 13. The third-order valence-electron chi connectivity index (χ3n) is 18.0. The summed E-state index contributed by atoms with van der Waals surface area (Å²) in [6.45, 7) is 11.6. The molecule has 0 aromatic heterocycles. The number of methoxy groups -OCH3 is 3. The molecule has 4 aliphatic heterocycles. The van der Waals surface area contributed by atoms with Gasteiger partial charge in [-0.2, -0.15) is 0 Å². The first-order valence-electron chi connectivity index (χ1n) is 24.6. The van der Waals surface area contributed by atoms with Crippen molar-refractivity contribution in [3.63, 3.8) is 0 Å². The van der Waals surface area contributed by atoms with Crippen molar-refractivity contribution in [2.24, 2.45) is 34.5 Å². The Kier molecular flexibility index (Phi) is 15.8. The first-order chi connectivity index (χ1) is 31.3. The van der Waals surface area contributed by atoms with Gasteiger partial charge in [0.2, 0.25) is 0 Å². The number of aliphatic hydroxyl groups is 7. The fourth-order valence-electron chi connectivity index (χ4n) is 13.9. The van der Waals surface area contributed by atoms with E-state index in [0.29, 0.717) is 30.6 Å². The maximum Gasteiger partial charge on any atom is 0.187 e. The lowest BCUT2D eigenvalue weighted by Crippen LogP contribution is -2.62. The summed E-state index contributed by atoms with van der Waals surface area (Å²) in [7, 11) is 4.64. The predicted octanol–water partition coefficient (Wildman–Crippen LogP) is 1.68. The van der Waals surface area contributed by atoms with Gasteiger partial charge in [0.1, 0.15) is 54.9 Å². The van der Waals surface area contributed by atoms with E-state index in [9.17, 15) is 35.7 Å². The fourth-order valence-corrected chi connectivity index (χ4v) is 13.9. The van der Waals surface area contributed by atoms with Crippen LogP contribution in [0.15, 0.2) is 12.2 Å². The molecule has 18 heteroatoms. The van der Waals surface area contributed by atoms with E-state index in [1.807, 2.05) is 13.8 Å². The van der Waals surface area contributed by atoms with E-state index in [1.165, 1.54) is 14.2 Å². The Balaban J connectivity index is 0.861. The van der Waals surface area contributed by atoms with Crippen molar-refractivity contribution in [3.05, 3.63) is 12.2 Å². The number of ether oxygens (including phenoxy) is 11. The molecule has 0 amide bonds. The van der Waals surface area contributed by atoms with Gasteiger partial charge in [-0.1, -0.05) is 26.0 Å². The molecule has 0 spiro atoms. The van der Waals surface area contributed by atoms with Crippen LogP contribution in [0.5, 0.6) is 0 Å². The average Bonchev–Trinajstić information content (AvgIpc) is 3.58. The van der Waals surface area contributed by atoms with Gasteiger partial charge in [-0.05, 0) is 102 Å². The molecular formula is C48H80O18. The molecule has 4 saturated heterocycles. The maximum absolute atomic E-state index is 12.8. The molecule has 0 bridgehead atoms. The highest BCUT2D eigenvalue weighted by Crippen LogP contribution is 2.67. The lowest BCUT2D eigenvalue weighted by Gasteiger charge is -2.60. The minimum absolute atomic E-state index is 0.0720. The first-order valence-corrected chi connectivity index (χ1v) is 24.6. The van der Waals surface area contributed by atoms with E-state index < -0.39 is 129 Å². The van der Waals surface area contributed by atoms with Crippen LogP contribution in [0.25, 0.3) is 0 Å². The highest BCUT2D eigenvalue weighted by Gasteiger charge is 2.66. The van der Waals surface area contributed by atoms with Crippen molar-refractivity contribution in [2.45, 2.75) is 228 Å². The second kappa shape index (κ2) is 20.3.